The number of aryl methyl sites for hydroxylation is 2. The zero-order valence-corrected chi connectivity index (χ0v) is 9.92. The predicted molar refractivity (Wildman–Crippen MR) is 66.3 cm³/mol. The van der Waals surface area contributed by atoms with Crippen LogP contribution in [0.1, 0.15) is 17.5 Å². The molecule has 0 radical (unpaired) electrons. The van der Waals surface area contributed by atoms with Crippen LogP contribution >= 0.6 is 0 Å². The number of hydrogen-bond donors (Lipinski definition) is 1. The first-order valence-electron chi connectivity index (χ1n) is 5.73. The maximum Gasteiger partial charge on any atom is 0.119 e. The fourth-order valence-electron chi connectivity index (χ4n) is 1.68. The molecule has 0 saturated carbocycles. The second-order valence-electron chi connectivity index (χ2n) is 4.10. The van der Waals surface area contributed by atoms with E-state index in [0.717, 1.165) is 31.1 Å². The molecule has 0 bridgehead atoms. The number of hydrogen-bond acceptors (Lipinski definition) is 3. The van der Waals surface area contributed by atoms with Gasteiger partial charge in [-0.15, -0.1) is 0 Å². The van der Waals surface area contributed by atoms with Crippen LogP contribution < -0.4 is 10.1 Å². The van der Waals surface area contributed by atoms with Crippen LogP contribution in [0.2, 0.25) is 0 Å². The van der Waals surface area contributed by atoms with E-state index in [1.54, 1.807) is 0 Å². The van der Waals surface area contributed by atoms with Crippen LogP contribution in [0.3, 0.4) is 0 Å². The van der Waals surface area contributed by atoms with Crippen LogP contribution in [0.4, 0.5) is 0 Å². The molecule has 2 rings (SSSR count). The summed E-state index contributed by atoms with van der Waals surface area (Å²) in [4.78, 5) is 4.32. The number of benzene rings is 1. The molecule has 0 aromatic heterocycles. The largest absolute Gasteiger partial charge is 0.493 e. The average Bonchev–Trinajstić information content (AvgIpc) is 2.76. The summed E-state index contributed by atoms with van der Waals surface area (Å²) >= 11 is 0. The molecule has 16 heavy (non-hydrogen) atoms. The van der Waals surface area contributed by atoms with Crippen molar-refractivity contribution < 1.29 is 4.74 Å². The molecule has 0 aliphatic carbocycles. The Labute approximate surface area is 96.5 Å². The molecule has 0 saturated heterocycles. The number of rotatable bonds is 4. The third kappa shape index (κ3) is 2.75. The number of nitrogens with zero attached hydrogens (tertiary/aromatic N) is 1. The van der Waals surface area contributed by atoms with Crippen molar-refractivity contribution >= 4 is 5.84 Å². The number of amidine groups is 1. The topological polar surface area (TPSA) is 33.6 Å². The number of ether oxygens (including phenoxy) is 1. The molecule has 0 spiro atoms. The molecule has 1 heterocycles. The smallest absolute Gasteiger partial charge is 0.119 e. The third-order valence-corrected chi connectivity index (χ3v) is 2.83. The summed E-state index contributed by atoms with van der Waals surface area (Å²) in [6, 6.07) is 6.20. The van der Waals surface area contributed by atoms with Gasteiger partial charge < -0.3 is 10.1 Å². The van der Waals surface area contributed by atoms with Gasteiger partial charge in [0, 0.05) is 13.0 Å². The minimum atomic E-state index is 0.689. The van der Waals surface area contributed by atoms with E-state index in [2.05, 4.69) is 36.3 Å². The van der Waals surface area contributed by atoms with Crippen molar-refractivity contribution in [3.8, 4) is 5.75 Å². The fourth-order valence-corrected chi connectivity index (χ4v) is 1.68. The molecule has 86 valence electrons. The van der Waals surface area contributed by atoms with E-state index in [1.165, 1.54) is 11.1 Å². The SMILES string of the molecule is Cc1ccc(OCCC2=NCCN2)cc1C. The van der Waals surface area contributed by atoms with Crippen molar-refractivity contribution in [3.63, 3.8) is 0 Å². The molecule has 1 N–H and O–H groups in total. The Morgan fingerprint density at radius 3 is 2.88 bits per heavy atom. The van der Waals surface area contributed by atoms with Gasteiger partial charge in [-0.1, -0.05) is 6.07 Å². The minimum absolute atomic E-state index is 0.689. The summed E-state index contributed by atoms with van der Waals surface area (Å²) in [7, 11) is 0. The van der Waals surface area contributed by atoms with Crippen molar-refractivity contribution in [2.45, 2.75) is 20.3 Å². The predicted octanol–water partition coefficient (Wildman–Crippen LogP) is 2.07. The second-order valence-corrected chi connectivity index (χ2v) is 4.10. The van der Waals surface area contributed by atoms with Gasteiger partial charge in [0.05, 0.1) is 19.0 Å². The highest BCUT2D eigenvalue weighted by molar-refractivity contribution is 5.83. The zero-order chi connectivity index (χ0) is 11.4. The Morgan fingerprint density at radius 2 is 2.19 bits per heavy atom. The monoisotopic (exact) mass is 218 g/mol. The van der Waals surface area contributed by atoms with Crippen LogP contribution in [0.15, 0.2) is 23.2 Å². The highest BCUT2D eigenvalue weighted by Gasteiger charge is 2.04. The van der Waals surface area contributed by atoms with E-state index in [4.69, 9.17) is 4.74 Å². The van der Waals surface area contributed by atoms with Gasteiger partial charge in [0.25, 0.3) is 0 Å². The van der Waals surface area contributed by atoms with Crippen LogP contribution in [0, 0.1) is 13.8 Å². The summed E-state index contributed by atoms with van der Waals surface area (Å²) in [5, 5.41) is 3.23. The summed E-state index contributed by atoms with van der Waals surface area (Å²) in [6.45, 7) is 6.77. The van der Waals surface area contributed by atoms with Gasteiger partial charge in [-0.25, -0.2) is 0 Å². The van der Waals surface area contributed by atoms with E-state index in [1.807, 2.05) is 6.07 Å². The molecule has 3 heteroatoms. The molecule has 0 unspecified atom stereocenters. The van der Waals surface area contributed by atoms with Crippen LogP contribution in [0.25, 0.3) is 0 Å². The van der Waals surface area contributed by atoms with Gasteiger partial charge >= 0.3 is 0 Å². The van der Waals surface area contributed by atoms with Gasteiger partial charge in [-0.2, -0.15) is 0 Å². The lowest BCUT2D eigenvalue weighted by Crippen LogP contribution is -2.20. The fraction of sp³-hybridized carbons (Fsp3) is 0.462. The average molecular weight is 218 g/mol. The van der Waals surface area contributed by atoms with Crippen molar-refractivity contribution in [2.75, 3.05) is 19.7 Å². The lowest BCUT2D eigenvalue weighted by atomic mass is 10.1. The molecule has 0 amide bonds. The highest BCUT2D eigenvalue weighted by atomic mass is 16.5. The van der Waals surface area contributed by atoms with Crippen LogP contribution in [-0.2, 0) is 0 Å². The van der Waals surface area contributed by atoms with E-state index in [-0.39, 0.29) is 0 Å². The van der Waals surface area contributed by atoms with E-state index >= 15 is 0 Å². The van der Waals surface area contributed by atoms with Crippen molar-refractivity contribution in [1.82, 2.24) is 5.32 Å². The first-order valence-corrected chi connectivity index (χ1v) is 5.73. The molecule has 1 aromatic carbocycles. The van der Waals surface area contributed by atoms with E-state index in [9.17, 15) is 0 Å². The quantitative estimate of drug-likeness (QED) is 0.839. The van der Waals surface area contributed by atoms with Gasteiger partial charge in [0.1, 0.15) is 5.75 Å². The molecule has 1 aromatic rings. The Kier molecular flexibility index (Phi) is 3.44. The summed E-state index contributed by atoms with van der Waals surface area (Å²) < 4.78 is 5.68. The lowest BCUT2D eigenvalue weighted by molar-refractivity contribution is 0.328. The highest BCUT2D eigenvalue weighted by Crippen LogP contribution is 2.16. The Hall–Kier alpha value is -1.51. The number of nitrogens with one attached hydrogen (secondary N) is 1. The Bertz CT molecular complexity index is 399. The van der Waals surface area contributed by atoms with Crippen molar-refractivity contribution in [2.24, 2.45) is 4.99 Å². The normalized spacial score (nSPS) is 14.5. The summed E-state index contributed by atoms with van der Waals surface area (Å²) in [5.74, 6) is 2.02. The maximum atomic E-state index is 5.68. The van der Waals surface area contributed by atoms with E-state index in [0.29, 0.717) is 6.61 Å². The molecular formula is C13H18N2O. The zero-order valence-electron chi connectivity index (χ0n) is 9.92. The van der Waals surface area contributed by atoms with Crippen molar-refractivity contribution in [3.05, 3.63) is 29.3 Å². The first-order chi connectivity index (χ1) is 7.75. The second kappa shape index (κ2) is 5.01. The molecule has 0 fully saturated rings. The molecule has 3 nitrogen and oxygen atoms in total. The van der Waals surface area contributed by atoms with Gasteiger partial charge in [0.15, 0.2) is 0 Å². The summed E-state index contributed by atoms with van der Waals surface area (Å²) in [6.07, 6.45) is 0.868. The van der Waals surface area contributed by atoms with Crippen LogP contribution in [-0.4, -0.2) is 25.5 Å². The minimum Gasteiger partial charge on any atom is -0.493 e. The molecule has 0 atom stereocenters. The molecule has 1 aliphatic rings. The standard InChI is InChI=1S/C13H18N2O/c1-10-3-4-12(9-11(10)2)16-8-5-13-14-6-7-15-13/h3-4,9H,5-8H2,1-2H3,(H,14,15). The Balaban J connectivity index is 1.82. The third-order valence-electron chi connectivity index (χ3n) is 2.83. The lowest BCUT2D eigenvalue weighted by Gasteiger charge is -2.08. The first kappa shape index (κ1) is 11.0. The van der Waals surface area contributed by atoms with Gasteiger partial charge in [-0.3, -0.25) is 4.99 Å². The maximum absolute atomic E-state index is 5.68. The Morgan fingerprint density at radius 1 is 1.31 bits per heavy atom. The van der Waals surface area contributed by atoms with Crippen LogP contribution in [0.5, 0.6) is 5.75 Å². The molecule has 1 aliphatic heterocycles. The van der Waals surface area contributed by atoms with E-state index < -0.39 is 0 Å². The van der Waals surface area contributed by atoms with Gasteiger partial charge in [0.2, 0.25) is 0 Å². The van der Waals surface area contributed by atoms with Crippen molar-refractivity contribution in [1.29, 1.82) is 0 Å². The molecular weight excluding hydrogens is 200 g/mol. The summed E-state index contributed by atoms with van der Waals surface area (Å²) in [5.41, 5.74) is 2.57. The van der Waals surface area contributed by atoms with Gasteiger partial charge in [-0.05, 0) is 37.1 Å². The number of aliphatic imine (C=N–C) groups is 1.